The smallest absolute Gasteiger partial charge is 0.231 e. The summed E-state index contributed by atoms with van der Waals surface area (Å²) in [5.41, 5.74) is 0.753. The number of allylic oxidation sites excluding steroid dienone is 1. The molecule has 0 bridgehead atoms. The van der Waals surface area contributed by atoms with Crippen molar-refractivity contribution in [2.45, 2.75) is 6.92 Å². The van der Waals surface area contributed by atoms with E-state index >= 15 is 0 Å². The molecule has 0 fully saturated rings. The lowest BCUT2D eigenvalue weighted by atomic mass is 9.87. The number of hydrogen-bond donors (Lipinski definition) is 4. The van der Waals surface area contributed by atoms with Gasteiger partial charge in [-0.05, 0) is 24.6 Å². The minimum absolute atomic E-state index is 0.200. The second kappa shape index (κ2) is 4.05. The number of methoxy groups -OCH3 is 1. The first kappa shape index (κ1) is 13.1. The number of hydrogen-bond acceptors (Lipinski definition) is 6. The van der Waals surface area contributed by atoms with Crippen molar-refractivity contribution in [3.8, 4) is 23.0 Å². The third-order valence-electron chi connectivity index (χ3n) is 3.64. The van der Waals surface area contributed by atoms with Crippen molar-refractivity contribution in [2.75, 3.05) is 7.11 Å². The number of benzene rings is 2. The Kier molecular flexibility index (Phi) is 2.53. The van der Waals surface area contributed by atoms with E-state index in [4.69, 9.17) is 4.74 Å². The predicted octanol–water partition coefficient (Wildman–Crippen LogP) is 2.37. The first-order valence-corrected chi connectivity index (χ1v) is 6.12. The summed E-state index contributed by atoms with van der Waals surface area (Å²) in [6.45, 7) is 1.72. The van der Waals surface area contributed by atoms with Crippen LogP contribution in [0.5, 0.6) is 23.0 Å². The van der Waals surface area contributed by atoms with Gasteiger partial charge in [0.2, 0.25) is 11.5 Å². The maximum atomic E-state index is 12.1. The van der Waals surface area contributed by atoms with E-state index in [-0.39, 0.29) is 16.3 Å². The van der Waals surface area contributed by atoms with E-state index in [9.17, 15) is 25.2 Å². The molecule has 2 aromatic rings. The number of ketones is 1. The van der Waals surface area contributed by atoms with Crippen molar-refractivity contribution in [1.82, 2.24) is 0 Å². The van der Waals surface area contributed by atoms with Crippen molar-refractivity contribution in [3.05, 3.63) is 28.5 Å². The Morgan fingerprint density at radius 3 is 2.33 bits per heavy atom. The normalized spacial score (nSPS) is 13.4. The largest absolute Gasteiger partial charge is 0.504 e. The maximum absolute atomic E-state index is 12.1. The van der Waals surface area contributed by atoms with Gasteiger partial charge in [-0.1, -0.05) is 0 Å². The van der Waals surface area contributed by atoms with Gasteiger partial charge in [0, 0.05) is 16.3 Å². The van der Waals surface area contributed by atoms with E-state index in [1.165, 1.54) is 13.2 Å². The fraction of sp³-hybridized carbons (Fsp3) is 0.133. The van der Waals surface area contributed by atoms with Gasteiger partial charge < -0.3 is 25.2 Å². The molecule has 3 rings (SSSR count). The number of phenolic OH excluding ortho intramolecular Hbond substituents is 3. The molecular weight excluding hydrogens is 276 g/mol. The van der Waals surface area contributed by atoms with Gasteiger partial charge in [-0.25, -0.2) is 0 Å². The van der Waals surface area contributed by atoms with Crippen molar-refractivity contribution < 1.29 is 30.0 Å². The highest BCUT2D eigenvalue weighted by atomic mass is 16.5. The zero-order valence-electron chi connectivity index (χ0n) is 11.3. The van der Waals surface area contributed by atoms with Crippen molar-refractivity contribution in [1.29, 1.82) is 0 Å². The van der Waals surface area contributed by atoms with Crippen molar-refractivity contribution in [3.63, 3.8) is 0 Å². The van der Waals surface area contributed by atoms with E-state index in [2.05, 4.69) is 0 Å². The number of ether oxygens (including phenoxy) is 1. The first-order valence-electron chi connectivity index (χ1n) is 6.12. The minimum atomic E-state index is -0.828. The monoisotopic (exact) mass is 288 g/mol. The molecule has 0 saturated heterocycles. The van der Waals surface area contributed by atoms with E-state index < -0.39 is 28.8 Å². The fourth-order valence-corrected chi connectivity index (χ4v) is 2.72. The van der Waals surface area contributed by atoms with Gasteiger partial charge in [-0.15, -0.1) is 0 Å². The molecule has 0 radical (unpaired) electrons. The highest BCUT2D eigenvalue weighted by molar-refractivity contribution is 6.25. The molecule has 4 N–H and O–H groups in total. The molecule has 1 aliphatic carbocycles. The predicted molar refractivity (Wildman–Crippen MR) is 75.2 cm³/mol. The summed E-state index contributed by atoms with van der Waals surface area (Å²) in [4.78, 5) is 12.1. The number of rotatable bonds is 1. The van der Waals surface area contributed by atoms with Crippen molar-refractivity contribution in [2.24, 2.45) is 0 Å². The van der Waals surface area contributed by atoms with Crippen LogP contribution in [0.15, 0.2) is 11.8 Å². The molecule has 21 heavy (non-hydrogen) atoms. The molecule has 0 aromatic heterocycles. The lowest BCUT2D eigenvalue weighted by molar-refractivity contribution is 0.0977. The minimum Gasteiger partial charge on any atom is -0.504 e. The number of carbonyl (C=O) groups excluding carboxylic acids is 1. The lowest BCUT2D eigenvalue weighted by Gasteiger charge is -2.20. The third-order valence-corrected chi connectivity index (χ3v) is 3.64. The Balaban J connectivity index is 2.66. The average Bonchev–Trinajstić information content (AvgIpc) is 2.45. The molecule has 0 amide bonds. The molecular formula is C15H12O6. The van der Waals surface area contributed by atoms with Crippen LogP contribution in [0.2, 0.25) is 0 Å². The van der Waals surface area contributed by atoms with Crippen LogP contribution < -0.4 is 4.74 Å². The van der Waals surface area contributed by atoms with Crippen molar-refractivity contribution >= 4 is 22.6 Å². The molecule has 0 heterocycles. The Bertz CT molecular complexity index is 848. The lowest BCUT2D eigenvalue weighted by Crippen LogP contribution is -2.10. The number of aromatic hydroxyl groups is 3. The van der Waals surface area contributed by atoms with E-state index in [0.29, 0.717) is 16.9 Å². The number of phenols is 3. The third kappa shape index (κ3) is 1.50. The average molecular weight is 288 g/mol. The highest BCUT2D eigenvalue weighted by Crippen LogP contribution is 2.50. The molecule has 6 heteroatoms. The summed E-state index contributed by atoms with van der Waals surface area (Å²) < 4.78 is 5.26. The molecule has 1 aliphatic rings. The van der Waals surface area contributed by atoms with Gasteiger partial charge >= 0.3 is 0 Å². The maximum Gasteiger partial charge on any atom is 0.231 e. The van der Waals surface area contributed by atoms with Crippen LogP contribution in [-0.2, 0) is 0 Å². The van der Waals surface area contributed by atoms with E-state index in [1.54, 1.807) is 13.0 Å². The van der Waals surface area contributed by atoms with Crippen LogP contribution in [0.1, 0.15) is 21.5 Å². The Morgan fingerprint density at radius 1 is 1.05 bits per heavy atom. The summed E-state index contributed by atoms with van der Waals surface area (Å²) >= 11 is 0. The Morgan fingerprint density at radius 2 is 1.71 bits per heavy atom. The topological polar surface area (TPSA) is 107 Å². The van der Waals surface area contributed by atoms with Gasteiger partial charge in [0.15, 0.2) is 17.3 Å². The molecule has 0 unspecified atom stereocenters. The van der Waals surface area contributed by atoms with Gasteiger partial charge in [-0.2, -0.15) is 0 Å². The van der Waals surface area contributed by atoms with Crippen LogP contribution in [0, 0.1) is 6.92 Å². The van der Waals surface area contributed by atoms with Crippen LogP contribution in [0.3, 0.4) is 0 Å². The quantitative estimate of drug-likeness (QED) is 0.600. The van der Waals surface area contributed by atoms with Crippen LogP contribution >= 0.6 is 0 Å². The van der Waals surface area contributed by atoms with E-state index in [0.717, 1.165) is 0 Å². The summed E-state index contributed by atoms with van der Waals surface area (Å²) in [6, 6.07) is 1.54. The van der Waals surface area contributed by atoms with Crippen LogP contribution in [0.4, 0.5) is 0 Å². The number of aliphatic hydroxyl groups is 1. The summed E-state index contributed by atoms with van der Waals surface area (Å²) in [7, 11) is 1.44. The number of Topliss-reactive ketones (excluding diaryl/α,β-unsaturated/α-hetero) is 1. The van der Waals surface area contributed by atoms with Crippen LogP contribution in [0.25, 0.3) is 16.8 Å². The SMILES string of the molecule is COc1c(C)cc2c(O)c(O)c(O)c3c2c1C=C(O)C3=O. The molecule has 2 aromatic carbocycles. The Labute approximate surface area is 119 Å². The number of aliphatic hydroxyl groups excluding tert-OH is 1. The molecule has 0 aliphatic heterocycles. The van der Waals surface area contributed by atoms with Gasteiger partial charge in [0.25, 0.3) is 0 Å². The second-order valence-corrected chi connectivity index (χ2v) is 4.84. The summed E-state index contributed by atoms with van der Waals surface area (Å²) in [6.07, 6.45) is 1.22. The molecule has 0 atom stereocenters. The van der Waals surface area contributed by atoms with Gasteiger partial charge in [-0.3, -0.25) is 4.79 Å². The molecule has 6 nitrogen and oxygen atoms in total. The fourth-order valence-electron chi connectivity index (χ4n) is 2.72. The molecule has 0 saturated carbocycles. The summed E-state index contributed by atoms with van der Waals surface area (Å²) in [5, 5.41) is 39.9. The Hall–Kier alpha value is -2.89. The summed E-state index contributed by atoms with van der Waals surface area (Å²) in [5.74, 6) is -3.08. The molecule has 108 valence electrons. The van der Waals surface area contributed by atoms with Crippen LogP contribution in [-0.4, -0.2) is 33.3 Å². The first-order chi connectivity index (χ1) is 9.88. The van der Waals surface area contributed by atoms with E-state index in [1.807, 2.05) is 0 Å². The zero-order chi connectivity index (χ0) is 15.5. The molecule has 0 spiro atoms. The zero-order valence-corrected chi connectivity index (χ0v) is 11.3. The second-order valence-electron chi connectivity index (χ2n) is 4.84. The standard InChI is InChI=1S/C15H12O6/c1-5-3-6-9-7(15(5)21-2)4-8(16)12(18)10(9)13(19)14(20)11(6)17/h3-4,16-17,19-20H,1-2H3. The number of carbonyl (C=O) groups is 1. The number of aryl methyl sites for hydroxylation is 1. The van der Waals surface area contributed by atoms with Gasteiger partial charge in [0.1, 0.15) is 5.75 Å². The highest BCUT2D eigenvalue weighted by Gasteiger charge is 2.31. The van der Waals surface area contributed by atoms with Gasteiger partial charge in [0.05, 0.1) is 12.7 Å².